The molecule has 0 aliphatic carbocycles. The summed E-state index contributed by atoms with van der Waals surface area (Å²) in [6.45, 7) is 2.84. The van der Waals surface area contributed by atoms with Gasteiger partial charge in [0.05, 0.1) is 12.2 Å². The normalized spacial score (nSPS) is 15.8. The van der Waals surface area contributed by atoms with Crippen molar-refractivity contribution in [3.05, 3.63) is 53.7 Å². The van der Waals surface area contributed by atoms with Gasteiger partial charge in [-0.15, -0.1) is 0 Å². The first-order chi connectivity index (χ1) is 14.6. The maximum Gasteiger partial charge on any atom is 0.340 e. The summed E-state index contributed by atoms with van der Waals surface area (Å²) in [6, 6.07) is 11.7. The third-order valence-electron chi connectivity index (χ3n) is 4.67. The molecule has 1 aliphatic rings. The molecule has 0 saturated carbocycles. The van der Waals surface area contributed by atoms with E-state index in [2.05, 4.69) is 5.16 Å². The number of esters is 2. The third kappa shape index (κ3) is 4.44. The summed E-state index contributed by atoms with van der Waals surface area (Å²) < 4.78 is 26.7. The van der Waals surface area contributed by atoms with E-state index in [0.29, 0.717) is 48.0 Å². The Bertz CT molecular complexity index is 1040. The van der Waals surface area contributed by atoms with E-state index in [1.807, 2.05) is 0 Å². The van der Waals surface area contributed by atoms with Crippen molar-refractivity contribution in [2.45, 2.75) is 32.5 Å². The smallest absolute Gasteiger partial charge is 0.340 e. The van der Waals surface area contributed by atoms with Crippen molar-refractivity contribution < 1.29 is 33.1 Å². The van der Waals surface area contributed by atoms with Gasteiger partial charge in [-0.2, -0.15) is 0 Å². The van der Waals surface area contributed by atoms with Gasteiger partial charge in [-0.3, -0.25) is 0 Å². The van der Waals surface area contributed by atoms with Crippen LogP contribution in [0.25, 0.3) is 11.0 Å². The van der Waals surface area contributed by atoms with Crippen LogP contribution in [0.2, 0.25) is 0 Å². The van der Waals surface area contributed by atoms with E-state index in [4.69, 9.17) is 23.5 Å². The zero-order chi connectivity index (χ0) is 20.9. The lowest BCUT2D eigenvalue weighted by Crippen LogP contribution is -2.24. The van der Waals surface area contributed by atoms with E-state index in [9.17, 15) is 9.59 Å². The molecule has 0 radical (unpaired) electrons. The zero-order valence-electron chi connectivity index (χ0n) is 16.5. The number of hydrogen-bond acceptors (Lipinski definition) is 8. The Morgan fingerprint density at radius 1 is 1.13 bits per heavy atom. The second-order valence-corrected chi connectivity index (χ2v) is 6.74. The van der Waals surface area contributed by atoms with Gasteiger partial charge in [-0.05, 0) is 56.2 Å². The van der Waals surface area contributed by atoms with Crippen molar-refractivity contribution in [1.82, 2.24) is 5.16 Å². The molecule has 3 aromatic rings. The van der Waals surface area contributed by atoms with E-state index < -0.39 is 12.1 Å². The molecule has 1 aromatic heterocycles. The summed E-state index contributed by atoms with van der Waals surface area (Å²) in [7, 11) is 0. The average molecular weight is 411 g/mol. The van der Waals surface area contributed by atoms with Crippen LogP contribution in [0.4, 0.5) is 0 Å². The zero-order valence-corrected chi connectivity index (χ0v) is 16.5. The maximum absolute atomic E-state index is 12.1. The molecule has 8 nitrogen and oxygen atoms in total. The Balaban J connectivity index is 1.39. The SMILES string of the molecule is CCOC(=O)c1ccc(OCc2noc3cc(OC(=O)C4CCCO4)ccc23)cc1. The van der Waals surface area contributed by atoms with Crippen LogP contribution in [0.3, 0.4) is 0 Å². The number of fused-ring (bicyclic) bond motifs is 1. The van der Waals surface area contributed by atoms with Crippen LogP contribution < -0.4 is 9.47 Å². The summed E-state index contributed by atoms with van der Waals surface area (Å²) >= 11 is 0. The van der Waals surface area contributed by atoms with Gasteiger partial charge in [-0.25, -0.2) is 9.59 Å². The molecular weight excluding hydrogens is 390 g/mol. The number of ether oxygens (including phenoxy) is 4. The summed E-state index contributed by atoms with van der Waals surface area (Å²) in [5.41, 5.74) is 1.56. The Hall–Kier alpha value is -3.39. The first-order valence-electron chi connectivity index (χ1n) is 9.75. The van der Waals surface area contributed by atoms with Crippen molar-refractivity contribution >= 4 is 22.9 Å². The number of hydrogen-bond donors (Lipinski definition) is 0. The van der Waals surface area contributed by atoms with Crippen molar-refractivity contribution in [3.8, 4) is 11.5 Å². The first kappa shape index (κ1) is 19.9. The van der Waals surface area contributed by atoms with E-state index in [1.165, 1.54) is 0 Å². The highest BCUT2D eigenvalue weighted by molar-refractivity contribution is 5.89. The number of nitrogens with zero attached hydrogens (tertiary/aromatic N) is 1. The minimum absolute atomic E-state index is 0.181. The van der Waals surface area contributed by atoms with Crippen molar-refractivity contribution in [3.63, 3.8) is 0 Å². The largest absolute Gasteiger partial charge is 0.487 e. The molecule has 1 aliphatic heterocycles. The monoisotopic (exact) mass is 411 g/mol. The third-order valence-corrected chi connectivity index (χ3v) is 4.67. The number of carbonyl (C=O) groups excluding carboxylic acids is 2. The van der Waals surface area contributed by atoms with Gasteiger partial charge in [0, 0.05) is 18.1 Å². The number of rotatable bonds is 7. The molecular formula is C22H21NO7. The number of aromatic nitrogens is 1. The fourth-order valence-electron chi connectivity index (χ4n) is 3.14. The molecule has 8 heteroatoms. The summed E-state index contributed by atoms with van der Waals surface area (Å²) in [5.74, 6) is 0.186. The molecule has 0 bridgehead atoms. The molecule has 0 spiro atoms. The highest BCUT2D eigenvalue weighted by Crippen LogP contribution is 2.26. The summed E-state index contributed by atoms with van der Waals surface area (Å²) in [6.07, 6.45) is 1.02. The lowest BCUT2D eigenvalue weighted by Gasteiger charge is -2.09. The van der Waals surface area contributed by atoms with Gasteiger partial charge in [0.1, 0.15) is 23.8 Å². The number of carbonyl (C=O) groups is 2. The fraction of sp³-hybridized carbons (Fsp3) is 0.318. The highest BCUT2D eigenvalue weighted by atomic mass is 16.6. The Kier molecular flexibility index (Phi) is 5.94. The highest BCUT2D eigenvalue weighted by Gasteiger charge is 2.25. The Morgan fingerprint density at radius 2 is 1.93 bits per heavy atom. The molecule has 0 amide bonds. The molecule has 1 fully saturated rings. The van der Waals surface area contributed by atoms with Crippen molar-refractivity contribution in [2.75, 3.05) is 13.2 Å². The van der Waals surface area contributed by atoms with Crippen molar-refractivity contribution in [1.29, 1.82) is 0 Å². The predicted molar refractivity (Wildman–Crippen MR) is 105 cm³/mol. The lowest BCUT2D eigenvalue weighted by atomic mass is 10.2. The number of benzene rings is 2. The molecule has 156 valence electrons. The van der Waals surface area contributed by atoms with Crippen molar-refractivity contribution in [2.24, 2.45) is 0 Å². The molecule has 2 heterocycles. The lowest BCUT2D eigenvalue weighted by molar-refractivity contribution is -0.144. The van der Waals surface area contributed by atoms with Gasteiger partial charge in [0.25, 0.3) is 0 Å². The molecule has 0 N–H and O–H groups in total. The van der Waals surface area contributed by atoms with Crippen LogP contribution >= 0.6 is 0 Å². The summed E-state index contributed by atoms with van der Waals surface area (Å²) in [5, 5.41) is 4.80. The fourth-order valence-corrected chi connectivity index (χ4v) is 3.14. The van der Waals surface area contributed by atoms with Crippen LogP contribution in [0.15, 0.2) is 47.0 Å². The molecule has 1 saturated heterocycles. The van der Waals surface area contributed by atoms with Crippen LogP contribution in [-0.4, -0.2) is 36.4 Å². The minimum Gasteiger partial charge on any atom is -0.487 e. The Morgan fingerprint density at radius 3 is 2.67 bits per heavy atom. The van der Waals surface area contributed by atoms with Gasteiger partial charge < -0.3 is 23.5 Å². The van der Waals surface area contributed by atoms with E-state index >= 15 is 0 Å². The second-order valence-electron chi connectivity index (χ2n) is 6.74. The topological polar surface area (TPSA) is 97.1 Å². The molecule has 1 unspecified atom stereocenters. The predicted octanol–water partition coefficient (Wildman–Crippen LogP) is 3.67. The molecule has 4 rings (SSSR count). The minimum atomic E-state index is -0.505. The maximum atomic E-state index is 12.1. The Labute approximate surface area is 172 Å². The molecule has 30 heavy (non-hydrogen) atoms. The van der Waals surface area contributed by atoms with Crippen LogP contribution in [0.5, 0.6) is 11.5 Å². The van der Waals surface area contributed by atoms with Gasteiger partial charge in [0.15, 0.2) is 11.7 Å². The quantitative estimate of drug-likeness (QED) is 0.429. The van der Waals surface area contributed by atoms with Gasteiger partial charge >= 0.3 is 11.9 Å². The summed E-state index contributed by atoms with van der Waals surface area (Å²) in [4.78, 5) is 23.8. The van der Waals surface area contributed by atoms with Gasteiger partial charge in [-0.1, -0.05) is 5.16 Å². The van der Waals surface area contributed by atoms with E-state index in [1.54, 1.807) is 49.4 Å². The van der Waals surface area contributed by atoms with Gasteiger partial charge in [0.2, 0.25) is 0 Å². The van der Waals surface area contributed by atoms with Crippen LogP contribution in [0.1, 0.15) is 35.8 Å². The molecule has 2 aromatic carbocycles. The molecule has 1 atom stereocenters. The van der Waals surface area contributed by atoms with E-state index in [0.717, 1.165) is 11.8 Å². The van der Waals surface area contributed by atoms with E-state index in [-0.39, 0.29) is 12.6 Å². The second kappa shape index (κ2) is 8.96. The standard InChI is InChI=1S/C22H21NO7/c1-2-26-21(24)14-5-7-15(8-6-14)28-13-18-17-10-9-16(12-20(17)30-23-18)29-22(25)19-4-3-11-27-19/h5-10,12,19H,2-4,11,13H2,1H3. The average Bonchev–Trinajstić information content (AvgIpc) is 3.43. The van der Waals surface area contributed by atoms with Crippen LogP contribution in [-0.2, 0) is 20.9 Å². The van der Waals surface area contributed by atoms with Crippen LogP contribution in [0, 0.1) is 0 Å². The first-order valence-corrected chi connectivity index (χ1v) is 9.75.